The lowest BCUT2D eigenvalue weighted by molar-refractivity contribution is 0.313. The van der Waals surface area contributed by atoms with Gasteiger partial charge in [-0.2, -0.15) is 0 Å². The Morgan fingerprint density at radius 1 is 1.21 bits per heavy atom. The Morgan fingerprint density at radius 2 is 2.05 bits per heavy atom. The molecule has 2 fully saturated rings. The normalized spacial score (nSPS) is 24.4. The molecule has 0 spiro atoms. The molecular weight excluding hydrogens is 304 g/mol. The molecule has 0 bridgehead atoms. The van der Waals surface area contributed by atoms with Gasteiger partial charge in [0, 0.05) is 18.3 Å². The van der Waals surface area contributed by atoms with Crippen molar-refractivity contribution in [3.05, 3.63) is 28.4 Å². The predicted octanol–water partition coefficient (Wildman–Crippen LogP) is 3.14. The highest BCUT2D eigenvalue weighted by molar-refractivity contribution is 9.10. The lowest BCUT2D eigenvalue weighted by Gasteiger charge is -2.16. The van der Waals surface area contributed by atoms with E-state index < -0.39 is 0 Å². The SMILES string of the molecule is CN1CCC[C@@H]1c1cn2cc(Br)nc(C3CC3)c2n1. The first-order valence-electron chi connectivity index (χ1n) is 6.97. The molecule has 0 N–H and O–H groups in total. The van der Waals surface area contributed by atoms with Crippen molar-refractivity contribution >= 4 is 21.6 Å². The van der Waals surface area contributed by atoms with Crippen molar-refractivity contribution in [1.29, 1.82) is 0 Å². The second kappa shape index (κ2) is 4.28. The van der Waals surface area contributed by atoms with Gasteiger partial charge in [-0.15, -0.1) is 0 Å². The van der Waals surface area contributed by atoms with E-state index in [2.05, 4.69) is 43.5 Å². The molecule has 1 atom stereocenters. The van der Waals surface area contributed by atoms with Crippen LogP contribution in [-0.4, -0.2) is 32.9 Å². The van der Waals surface area contributed by atoms with Crippen LogP contribution in [0, 0.1) is 0 Å². The number of hydrogen-bond donors (Lipinski definition) is 0. The molecule has 19 heavy (non-hydrogen) atoms. The maximum absolute atomic E-state index is 4.89. The summed E-state index contributed by atoms with van der Waals surface area (Å²) in [6.07, 6.45) is 9.20. The predicted molar refractivity (Wildman–Crippen MR) is 77.3 cm³/mol. The molecular formula is C14H17BrN4. The summed E-state index contributed by atoms with van der Waals surface area (Å²) in [6.45, 7) is 1.18. The van der Waals surface area contributed by atoms with E-state index in [0.29, 0.717) is 12.0 Å². The van der Waals surface area contributed by atoms with Crippen molar-refractivity contribution in [1.82, 2.24) is 19.3 Å². The van der Waals surface area contributed by atoms with Crippen molar-refractivity contribution in [3.63, 3.8) is 0 Å². The first-order valence-corrected chi connectivity index (χ1v) is 7.77. The number of halogens is 1. The van der Waals surface area contributed by atoms with Gasteiger partial charge in [-0.05, 0) is 55.2 Å². The van der Waals surface area contributed by atoms with Crippen LogP contribution < -0.4 is 0 Å². The molecule has 0 radical (unpaired) electrons. The van der Waals surface area contributed by atoms with Crippen LogP contribution in [0.15, 0.2) is 17.0 Å². The molecule has 1 saturated carbocycles. The topological polar surface area (TPSA) is 33.4 Å². The molecule has 2 aromatic rings. The summed E-state index contributed by atoms with van der Waals surface area (Å²) in [5.41, 5.74) is 3.42. The van der Waals surface area contributed by atoms with Gasteiger partial charge in [0.2, 0.25) is 0 Å². The lowest BCUT2D eigenvalue weighted by atomic mass is 10.2. The van der Waals surface area contributed by atoms with Crippen molar-refractivity contribution in [3.8, 4) is 0 Å². The Kier molecular flexibility index (Phi) is 2.67. The van der Waals surface area contributed by atoms with Gasteiger partial charge < -0.3 is 4.40 Å². The molecule has 2 aromatic heterocycles. The summed E-state index contributed by atoms with van der Waals surface area (Å²) in [5, 5.41) is 0. The fourth-order valence-electron chi connectivity index (χ4n) is 3.08. The number of rotatable bonds is 2. The third-order valence-corrected chi connectivity index (χ3v) is 4.66. The number of hydrogen-bond acceptors (Lipinski definition) is 3. The van der Waals surface area contributed by atoms with Crippen LogP contribution in [0.4, 0.5) is 0 Å². The molecule has 1 saturated heterocycles. The summed E-state index contributed by atoms with van der Waals surface area (Å²) in [6, 6.07) is 0.478. The van der Waals surface area contributed by atoms with Crippen LogP contribution in [0.2, 0.25) is 0 Å². The van der Waals surface area contributed by atoms with E-state index in [-0.39, 0.29) is 0 Å². The minimum atomic E-state index is 0.478. The zero-order valence-corrected chi connectivity index (χ0v) is 12.6. The van der Waals surface area contributed by atoms with Crippen LogP contribution in [0.5, 0.6) is 0 Å². The quantitative estimate of drug-likeness (QED) is 0.852. The van der Waals surface area contributed by atoms with Crippen LogP contribution in [0.3, 0.4) is 0 Å². The molecule has 100 valence electrons. The summed E-state index contributed by atoms with van der Waals surface area (Å²) in [7, 11) is 2.19. The highest BCUT2D eigenvalue weighted by Crippen LogP contribution is 2.41. The summed E-state index contributed by atoms with van der Waals surface area (Å²) < 4.78 is 3.05. The molecule has 4 nitrogen and oxygen atoms in total. The van der Waals surface area contributed by atoms with Crippen LogP contribution in [0.25, 0.3) is 5.65 Å². The molecule has 1 aliphatic heterocycles. The maximum atomic E-state index is 4.89. The highest BCUT2D eigenvalue weighted by atomic mass is 79.9. The minimum Gasteiger partial charge on any atom is -0.303 e. The molecule has 0 aromatic carbocycles. The minimum absolute atomic E-state index is 0.478. The smallest absolute Gasteiger partial charge is 0.159 e. The van der Waals surface area contributed by atoms with Crippen LogP contribution in [-0.2, 0) is 0 Å². The Balaban J connectivity index is 1.84. The largest absolute Gasteiger partial charge is 0.303 e. The second-order valence-electron chi connectivity index (χ2n) is 5.76. The molecule has 0 unspecified atom stereocenters. The molecule has 4 rings (SSSR count). The van der Waals surface area contributed by atoms with Crippen molar-refractivity contribution in [2.24, 2.45) is 0 Å². The molecule has 0 amide bonds. The first kappa shape index (κ1) is 11.9. The van der Waals surface area contributed by atoms with Gasteiger partial charge in [0.25, 0.3) is 0 Å². The van der Waals surface area contributed by atoms with E-state index in [0.717, 1.165) is 10.3 Å². The number of imidazole rings is 1. The summed E-state index contributed by atoms with van der Waals surface area (Å²) in [4.78, 5) is 11.9. The Morgan fingerprint density at radius 3 is 2.74 bits per heavy atom. The second-order valence-corrected chi connectivity index (χ2v) is 6.57. The third-order valence-electron chi connectivity index (χ3n) is 4.28. The Labute approximate surface area is 121 Å². The zero-order chi connectivity index (χ0) is 13.0. The average molecular weight is 321 g/mol. The van der Waals surface area contributed by atoms with E-state index in [9.17, 15) is 0 Å². The van der Waals surface area contributed by atoms with Gasteiger partial charge in [-0.3, -0.25) is 4.90 Å². The average Bonchev–Trinajstić information content (AvgIpc) is 3.00. The van der Waals surface area contributed by atoms with Crippen molar-refractivity contribution < 1.29 is 0 Å². The van der Waals surface area contributed by atoms with E-state index >= 15 is 0 Å². The Hall–Kier alpha value is -0.940. The monoisotopic (exact) mass is 320 g/mol. The molecule has 3 heterocycles. The molecule has 1 aliphatic carbocycles. The zero-order valence-electron chi connectivity index (χ0n) is 11.0. The standard InChI is InChI=1S/C14H17BrN4/c1-18-6-2-3-11(18)10-7-19-8-12(15)17-13(9-4-5-9)14(19)16-10/h7-9,11H,2-6H2,1H3/t11-/m1/s1. The van der Waals surface area contributed by atoms with E-state index in [1.807, 2.05) is 6.20 Å². The fraction of sp³-hybridized carbons (Fsp3) is 0.571. The van der Waals surface area contributed by atoms with E-state index in [4.69, 9.17) is 4.98 Å². The van der Waals surface area contributed by atoms with Gasteiger partial charge in [0.1, 0.15) is 4.60 Å². The number of nitrogens with zero attached hydrogens (tertiary/aromatic N) is 4. The van der Waals surface area contributed by atoms with E-state index in [1.54, 1.807) is 0 Å². The molecule has 2 aliphatic rings. The Bertz CT molecular complexity index is 632. The lowest BCUT2D eigenvalue weighted by Crippen LogP contribution is -2.17. The summed E-state index contributed by atoms with van der Waals surface area (Å²) in [5.74, 6) is 0.622. The van der Waals surface area contributed by atoms with Gasteiger partial charge in [-0.25, -0.2) is 9.97 Å². The van der Waals surface area contributed by atoms with Crippen molar-refractivity contribution in [2.45, 2.75) is 37.6 Å². The molecule has 5 heteroatoms. The number of fused-ring (bicyclic) bond motifs is 1. The fourth-order valence-corrected chi connectivity index (χ4v) is 3.50. The third kappa shape index (κ3) is 1.99. The van der Waals surface area contributed by atoms with E-state index in [1.165, 1.54) is 43.6 Å². The summed E-state index contributed by atoms with van der Waals surface area (Å²) >= 11 is 3.51. The number of aromatic nitrogens is 3. The van der Waals surface area contributed by atoms with Crippen LogP contribution >= 0.6 is 15.9 Å². The van der Waals surface area contributed by atoms with Gasteiger partial charge >= 0.3 is 0 Å². The maximum Gasteiger partial charge on any atom is 0.159 e. The van der Waals surface area contributed by atoms with Crippen molar-refractivity contribution in [2.75, 3.05) is 13.6 Å². The van der Waals surface area contributed by atoms with Gasteiger partial charge in [0.15, 0.2) is 5.65 Å². The van der Waals surface area contributed by atoms with Crippen LogP contribution in [0.1, 0.15) is 49.0 Å². The first-order chi connectivity index (χ1) is 9.22. The van der Waals surface area contributed by atoms with Gasteiger partial charge in [0.05, 0.1) is 17.4 Å². The van der Waals surface area contributed by atoms with Gasteiger partial charge in [-0.1, -0.05) is 0 Å². The highest BCUT2D eigenvalue weighted by Gasteiger charge is 2.30. The number of likely N-dealkylation sites (tertiary alicyclic amines) is 1.